The van der Waals surface area contributed by atoms with E-state index in [1.807, 2.05) is 37.3 Å². The number of rotatable bonds is 2. The lowest BCUT2D eigenvalue weighted by molar-refractivity contribution is -0.120. The Morgan fingerprint density at radius 3 is 2.50 bits per heavy atom. The standard InChI is InChI=1S/C11H13NO2/c1-8-11(2,14-8)10(13)12-9-6-4-3-5-7-9/h3-8H,1-2H3,(H,12,13). The van der Waals surface area contributed by atoms with Crippen LogP contribution in [-0.2, 0) is 9.53 Å². The first-order valence-electron chi connectivity index (χ1n) is 4.67. The van der Waals surface area contributed by atoms with E-state index >= 15 is 0 Å². The largest absolute Gasteiger partial charge is 0.356 e. The fraction of sp³-hybridized carbons (Fsp3) is 0.364. The van der Waals surface area contributed by atoms with Gasteiger partial charge in [0.25, 0.3) is 5.91 Å². The van der Waals surface area contributed by atoms with E-state index in [0.29, 0.717) is 0 Å². The Balaban J connectivity index is 2.03. The van der Waals surface area contributed by atoms with E-state index in [0.717, 1.165) is 5.69 Å². The number of ether oxygens (including phenoxy) is 1. The van der Waals surface area contributed by atoms with Crippen LogP contribution in [0.25, 0.3) is 0 Å². The van der Waals surface area contributed by atoms with Crippen LogP contribution in [-0.4, -0.2) is 17.6 Å². The molecule has 1 aromatic rings. The zero-order valence-electron chi connectivity index (χ0n) is 8.28. The molecular weight excluding hydrogens is 178 g/mol. The van der Waals surface area contributed by atoms with Crippen LogP contribution in [0.1, 0.15) is 13.8 Å². The maximum Gasteiger partial charge on any atom is 0.259 e. The summed E-state index contributed by atoms with van der Waals surface area (Å²) < 4.78 is 5.23. The van der Waals surface area contributed by atoms with Crippen molar-refractivity contribution >= 4 is 11.6 Å². The molecule has 1 heterocycles. The monoisotopic (exact) mass is 191 g/mol. The molecule has 1 saturated heterocycles. The Bertz CT molecular complexity index is 350. The smallest absolute Gasteiger partial charge is 0.259 e. The molecule has 1 aliphatic rings. The van der Waals surface area contributed by atoms with Gasteiger partial charge in [0.1, 0.15) is 0 Å². The Morgan fingerprint density at radius 2 is 2.00 bits per heavy atom. The van der Waals surface area contributed by atoms with Crippen molar-refractivity contribution in [2.24, 2.45) is 0 Å². The summed E-state index contributed by atoms with van der Waals surface area (Å²) in [5.41, 5.74) is 0.178. The van der Waals surface area contributed by atoms with Gasteiger partial charge in [-0.25, -0.2) is 0 Å². The number of para-hydroxylation sites is 1. The number of hydrogen-bond acceptors (Lipinski definition) is 2. The number of carbonyl (C=O) groups is 1. The molecule has 2 atom stereocenters. The summed E-state index contributed by atoms with van der Waals surface area (Å²) in [6.07, 6.45) is 0.0196. The number of nitrogens with one attached hydrogen (secondary N) is 1. The van der Waals surface area contributed by atoms with Gasteiger partial charge >= 0.3 is 0 Å². The van der Waals surface area contributed by atoms with Crippen molar-refractivity contribution in [3.63, 3.8) is 0 Å². The molecule has 1 N–H and O–H groups in total. The van der Waals surface area contributed by atoms with Crippen LogP contribution >= 0.6 is 0 Å². The second-order valence-electron chi connectivity index (χ2n) is 3.69. The molecule has 0 saturated carbocycles. The Labute approximate surface area is 83.1 Å². The van der Waals surface area contributed by atoms with Gasteiger partial charge in [0, 0.05) is 5.69 Å². The van der Waals surface area contributed by atoms with Gasteiger partial charge in [0.15, 0.2) is 5.60 Å². The Hall–Kier alpha value is -1.35. The van der Waals surface area contributed by atoms with Crippen molar-refractivity contribution < 1.29 is 9.53 Å². The van der Waals surface area contributed by atoms with Crippen molar-refractivity contribution in [2.75, 3.05) is 5.32 Å². The van der Waals surface area contributed by atoms with Crippen molar-refractivity contribution in [1.29, 1.82) is 0 Å². The van der Waals surface area contributed by atoms with Crippen LogP contribution in [0.3, 0.4) is 0 Å². The van der Waals surface area contributed by atoms with Gasteiger partial charge in [-0.15, -0.1) is 0 Å². The highest BCUT2D eigenvalue weighted by Gasteiger charge is 2.55. The average molecular weight is 191 g/mol. The molecule has 3 heteroatoms. The highest BCUT2D eigenvalue weighted by atomic mass is 16.6. The predicted molar refractivity (Wildman–Crippen MR) is 54.0 cm³/mol. The quantitative estimate of drug-likeness (QED) is 0.724. The third-order valence-corrected chi connectivity index (χ3v) is 2.62. The molecule has 74 valence electrons. The molecule has 2 unspecified atom stereocenters. The first-order chi connectivity index (χ1) is 6.63. The summed E-state index contributed by atoms with van der Waals surface area (Å²) in [5, 5.41) is 2.81. The number of carbonyl (C=O) groups excluding carboxylic acids is 1. The lowest BCUT2D eigenvalue weighted by atomic mass is 10.1. The van der Waals surface area contributed by atoms with Gasteiger partial charge in [-0.2, -0.15) is 0 Å². The number of epoxide rings is 1. The minimum atomic E-state index is -0.629. The third kappa shape index (κ3) is 1.51. The van der Waals surface area contributed by atoms with E-state index in [2.05, 4.69) is 5.32 Å². The van der Waals surface area contributed by atoms with E-state index < -0.39 is 5.60 Å². The molecule has 0 bridgehead atoms. The molecule has 0 radical (unpaired) electrons. The highest BCUT2D eigenvalue weighted by molar-refractivity contribution is 5.99. The molecule has 0 spiro atoms. The van der Waals surface area contributed by atoms with Crippen LogP contribution in [0.2, 0.25) is 0 Å². The van der Waals surface area contributed by atoms with Gasteiger partial charge in [-0.05, 0) is 26.0 Å². The Morgan fingerprint density at radius 1 is 1.43 bits per heavy atom. The molecule has 1 aromatic carbocycles. The van der Waals surface area contributed by atoms with E-state index in [-0.39, 0.29) is 12.0 Å². The molecule has 0 aromatic heterocycles. The number of anilines is 1. The van der Waals surface area contributed by atoms with E-state index in [1.165, 1.54) is 0 Å². The molecule has 1 amide bonds. The second-order valence-corrected chi connectivity index (χ2v) is 3.69. The molecule has 14 heavy (non-hydrogen) atoms. The van der Waals surface area contributed by atoms with Crippen LogP contribution < -0.4 is 5.32 Å². The summed E-state index contributed by atoms with van der Waals surface area (Å²) in [6, 6.07) is 9.39. The van der Waals surface area contributed by atoms with E-state index in [4.69, 9.17) is 4.74 Å². The summed E-state index contributed by atoms with van der Waals surface area (Å²) in [5.74, 6) is -0.0730. The minimum Gasteiger partial charge on any atom is -0.356 e. The van der Waals surface area contributed by atoms with Gasteiger partial charge in [-0.3, -0.25) is 4.79 Å². The molecule has 1 aliphatic heterocycles. The molecule has 3 nitrogen and oxygen atoms in total. The molecule has 0 aliphatic carbocycles. The summed E-state index contributed by atoms with van der Waals surface area (Å²) in [7, 11) is 0. The van der Waals surface area contributed by atoms with E-state index in [1.54, 1.807) is 6.92 Å². The number of benzene rings is 1. The number of hydrogen-bond donors (Lipinski definition) is 1. The molecule has 1 fully saturated rings. The number of amides is 1. The van der Waals surface area contributed by atoms with Gasteiger partial charge in [-0.1, -0.05) is 18.2 Å². The van der Waals surface area contributed by atoms with Crippen molar-refractivity contribution in [2.45, 2.75) is 25.6 Å². The zero-order valence-corrected chi connectivity index (χ0v) is 8.28. The first-order valence-corrected chi connectivity index (χ1v) is 4.67. The third-order valence-electron chi connectivity index (χ3n) is 2.62. The summed E-state index contributed by atoms with van der Waals surface area (Å²) in [4.78, 5) is 11.7. The van der Waals surface area contributed by atoms with Crippen LogP contribution in [0.5, 0.6) is 0 Å². The zero-order chi connectivity index (χ0) is 10.2. The predicted octanol–water partition coefficient (Wildman–Crippen LogP) is 1.80. The maximum absolute atomic E-state index is 11.7. The van der Waals surface area contributed by atoms with Gasteiger partial charge in [0.2, 0.25) is 0 Å². The van der Waals surface area contributed by atoms with Crippen LogP contribution in [0.4, 0.5) is 5.69 Å². The summed E-state index contributed by atoms with van der Waals surface area (Å²) >= 11 is 0. The van der Waals surface area contributed by atoms with Crippen LogP contribution in [0.15, 0.2) is 30.3 Å². The lowest BCUT2D eigenvalue weighted by Gasteiger charge is -2.07. The minimum absolute atomic E-state index is 0.0196. The van der Waals surface area contributed by atoms with Crippen molar-refractivity contribution in [3.8, 4) is 0 Å². The normalized spacial score (nSPS) is 29.7. The van der Waals surface area contributed by atoms with Gasteiger partial charge in [0.05, 0.1) is 6.10 Å². The molecule has 2 rings (SSSR count). The fourth-order valence-corrected chi connectivity index (χ4v) is 1.35. The SMILES string of the molecule is CC1OC1(C)C(=O)Nc1ccccc1. The first kappa shape index (κ1) is 9.21. The average Bonchev–Trinajstić information content (AvgIpc) is 2.78. The lowest BCUT2D eigenvalue weighted by Crippen LogP contribution is -2.29. The van der Waals surface area contributed by atoms with Crippen LogP contribution in [0, 0.1) is 0 Å². The fourth-order valence-electron chi connectivity index (χ4n) is 1.35. The van der Waals surface area contributed by atoms with E-state index in [9.17, 15) is 4.79 Å². The summed E-state index contributed by atoms with van der Waals surface area (Å²) in [6.45, 7) is 3.69. The van der Waals surface area contributed by atoms with Gasteiger partial charge < -0.3 is 10.1 Å². The molecular formula is C11H13NO2. The maximum atomic E-state index is 11.7. The Kier molecular flexibility index (Phi) is 2.04. The van der Waals surface area contributed by atoms with Crippen molar-refractivity contribution in [1.82, 2.24) is 0 Å². The highest BCUT2D eigenvalue weighted by Crippen LogP contribution is 2.36. The topological polar surface area (TPSA) is 41.6 Å². The second kappa shape index (κ2) is 3.10. The van der Waals surface area contributed by atoms with Crippen molar-refractivity contribution in [3.05, 3.63) is 30.3 Å².